The minimum Gasteiger partial charge on any atom is -0.693 e. The van der Waals surface area contributed by atoms with Crippen LogP contribution in [0, 0.1) is 6.92 Å². The molecule has 0 radical (unpaired) electrons. The van der Waals surface area contributed by atoms with Gasteiger partial charge >= 0.3 is 20.4 Å². The van der Waals surface area contributed by atoms with E-state index in [2.05, 4.69) is 6.92 Å². The number of carbonyl (C=O) groups is 1. The first kappa shape index (κ1) is 24.3. The minimum atomic E-state index is -0.833. The van der Waals surface area contributed by atoms with Gasteiger partial charge in [0.25, 0.3) is 5.97 Å². The van der Waals surface area contributed by atoms with Crippen LogP contribution in [0.4, 0.5) is 0 Å². The van der Waals surface area contributed by atoms with Crippen LogP contribution in [-0.4, -0.2) is 11.1 Å². The van der Waals surface area contributed by atoms with Crippen LogP contribution in [0.25, 0.3) is 6.15 Å². The van der Waals surface area contributed by atoms with Gasteiger partial charge in [-0.3, -0.25) is 4.79 Å². The second-order valence-electron chi connectivity index (χ2n) is 0.519. The predicted molar refractivity (Wildman–Crippen MR) is 29.6 cm³/mol. The van der Waals surface area contributed by atoms with E-state index in [4.69, 9.17) is 9.90 Å². The normalized spacial score (nSPS) is 3.88. The van der Waals surface area contributed by atoms with Crippen molar-refractivity contribution in [1.29, 1.82) is 0 Å². The van der Waals surface area contributed by atoms with E-state index in [0.717, 1.165) is 6.92 Å². The standard InChI is InChI=1S/C2H4O2.C2H5.H2N.Pd/c1-2(3)4;1-2;;/h1H3,(H,3,4);1H2,2H3;1H2;/q;2*-1;+2. The van der Waals surface area contributed by atoms with E-state index < -0.39 is 5.97 Å². The van der Waals surface area contributed by atoms with Crippen molar-refractivity contribution in [2.45, 2.75) is 13.8 Å². The molecule has 0 atom stereocenters. The van der Waals surface area contributed by atoms with Crippen molar-refractivity contribution in [3.63, 3.8) is 0 Å². The minimum absolute atomic E-state index is 0. The summed E-state index contributed by atoms with van der Waals surface area (Å²) in [6.45, 7) is 6.08. The Bertz CT molecular complexity index is 37.0. The summed E-state index contributed by atoms with van der Waals surface area (Å²) in [7, 11) is 0. The third-order valence-corrected chi connectivity index (χ3v) is 0. The maximum Gasteiger partial charge on any atom is 2.00 e. The van der Waals surface area contributed by atoms with Gasteiger partial charge in [0.15, 0.2) is 0 Å². The summed E-state index contributed by atoms with van der Waals surface area (Å²) in [5.74, 6) is -0.833. The molecule has 0 unspecified atom stereocenters. The molecule has 4 heteroatoms. The summed E-state index contributed by atoms with van der Waals surface area (Å²) in [6, 6.07) is 0. The molecule has 0 aliphatic heterocycles. The number of rotatable bonds is 0. The number of hydrogen-bond acceptors (Lipinski definition) is 1. The summed E-state index contributed by atoms with van der Waals surface area (Å²) >= 11 is 0. The van der Waals surface area contributed by atoms with Gasteiger partial charge in [-0.15, -0.1) is 0 Å². The molecule has 0 rings (SSSR count). The number of nitrogens with two attached hydrogens (primary N) is 1. The molecule has 0 aromatic rings. The van der Waals surface area contributed by atoms with Crippen LogP contribution in [-0.2, 0) is 25.2 Å². The molecule has 0 aromatic heterocycles. The zero-order chi connectivity index (χ0) is 5.58. The first-order valence-corrected chi connectivity index (χ1v) is 1.63. The van der Waals surface area contributed by atoms with E-state index in [0.29, 0.717) is 0 Å². The molecule has 0 aliphatic carbocycles. The zero-order valence-electron chi connectivity index (χ0n) is 4.96. The topological polar surface area (TPSA) is 70.8 Å². The molecule has 0 saturated heterocycles. The molecule has 0 heterocycles. The van der Waals surface area contributed by atoms with Gasteiger partial charge in [0.1, 0.15) is 0 Å². The average molecular weight is 212 g/mol. The zero-order valence-corrected chi connectivity index (χ0v) is 6.51. The molecule has 0 amide bonds. The second-order valence-corrected chi connectivity index (χ2v) is 0.519. The van der Waals surface area contributed by atoms with Crippen LogP contribution in [0.2, 0.25) is 0 Å². The fourth-order valence-electron chi connectivity index (χ4n) is 0. The van der Waals surface area contributed by atoms with Crippen molar-refractivity contribution < 1.29 is 30.3 Å². The Morgan fingerprint density at radius 3 is 1.50 bits per heavy atom. The van der Waals surface area contributed by atoms with E-state index in [1.807, 2.05) is 0 Å². The fraction of sp³-hybridized carbons (Fsp3) is 0.500. The maximum atomic E-state index is 9.00. The van der Waals surface area contributed by atoms with Gasteiger partial charge in [0.05, 0.1) is 0 Å². The van der Waals surface area contributed by atoms with Crippen molar-refractivity contribution in [3.8, 4) is 0 Å². The van der Waals surface area contributed by atoms with Crippen molar-refractivity contribution in [2.75, 3.05) is 0 Å². The van der Waals surface area contributed by atoms with Gasteiger partial charge in [-0.2, -0.15) is 6.92 Å². The monoisotopic (exact) mass is 211 g/mol. The van der Waals surface area contributed by atoms with Gasteiger partial charge in [-0.25, -0.2) is 0 Å². The smallest absolute Gasteiger partial charge is 0.693 e. The molecule has 0 spiro atoms. The number of hydrogen-bond donors (Lipinski definition) is 1. The molecular formula is C4H11NO2Pd. The Kier molecular flexibility index (Phi) is 83.6. The summed E-state index contributed by atoms with van der Waals surface area (Å²) in [5, 5.41) is 7.42. The quantitative estimate of drug-likeness (QED) is 0.489. The average Bonchev–Trinajstić information content (AvgIpc) is 1.41. The number of aliphatic carboxylic acids is 1. The molecule has 0 aromatic carbocycles. The van der Waals surface area contributed by atoms with Crippen molar-refractivity contribution in [1.82, 2.24) is 0 Å². The molecule has 3 N–H and O–H groups in total. The maximum absolute atomic E-state index is 9.00. The summed E-state index contributed by atoms with van der Waals surface area (Å²) in [5.41, 5.74) is 0. The van der Waals surface area contributed by atoms with Crippen molar-refractivity contribution >= 4 is 5.97 Å². The van der Waals surface area contributed by atoms with Crippen molar-refractivity contribution in [2.24, 2.45) is 0 Å². The van der Waals surface area contributed by atoms with Gasteiger partial charge in [-0.05, 0) is 0 Å². The van der Waals surface area contributed by atoms with Gasteiger partial charge in [-0.1, -0.05) is 0 Å². The Balaban J connectivity index is -0.0000000183. The van der Waals surface area contributed by atoms with Crippen LogP contribution >= 0.6 is 0 Å². The summed E-state index contributed by atoms with van der Waals surface area (Å²) in [4.78, 5) is 9.00. The number of carboxylic acids is 1. The first-order chi connectivity index (χ1) is 2.73. The van der Waals surface area contributed by atoms with Crippen molar-refractivity contribution in [3.05, 3.63) is 13.1 Å². The third-order valence-electron chi connectivity index (χ3n) is 0. The summed E-state index contributed by atoms with van der Waals surface area (Å²) < 4.78 is 0. The van der Waals surface area contributed by atoms with E-state index >= 15 is 0 Å². The Morgan fingerprint density at radius 2 is 1.50 bits per heavy atom. The largest absolute Gasteiger partial charge is 2.00 e. The van der Waals surface area contributed by atoms with Crippen LogP contribution < -0.4 is 0 Å². The number of carboxylic acid groups (broad SMARTS) is 1. The van der Waals surface area contributed by atoms with Gasteiger partial charge in [0, 0.05) is 6.92 Å². The Hall–Kier alpha value is 0.0923. The third kappa shape index (κ3) is 18500. The molecule has 54 valence electrons. The molecule has 3 nitrogen and oxygen atoms in total. The van der Waals surface area contributed by atoms with E-state index in [-0.39, 0.29) is 26.6 Å². The summed E-state index contributed by atoms with van der Waals surface area (Å²) in [6.07, 6.45) is 0. The Labute approximate surface area is 63.7 Å². The Morgan fingerprint density at radius 1 is 1.50 bits per heavy atom. The van der Waals surface area contributed by atoms with Crippen LogP contribution in [0.5, 0.6) is 0 Å². The van der Waals surface area contributed by atoms with E-state index in [1.165, 1.54) is 0 Å². The van der Waals surface area contributed by atoms with E-state index in [1.54, 1.807) is 6.92 Å². The molecule has 0 aliphatic rings. The fourth-order valence-corrected chi connectivity index (χ4v) is 0. The van der Waals surface area contributed by atoms with Gasteiger partial charge < -0.3 is 18.2 Å². The molecule has 8 heavy (non-hydrogen) atoms. The van der Waals surface area contributed by atoms with Gasteiger partial charge in [0.2, 0.25) is 0 Å². The molecule has 0 saturated carbocycles. The second kappa shape index (κ2) is 27.5. The molecular weight excluding hydrogens is 200 g/mol. The first-order valence-electron chi connectivity index (χ1n) is 1.63. The van der Waals surface area contributed by atoms with Crippen LogP contribution in [0.3, 0.4) is 0 Å². The molecule has 0 fully saturated rings. The SMILES string of the molecule is CC(=O)O.[CH2-]C.[NH2-].[Pd+2]. The van der Waals surface area contributed by atoms with Crippen LogP contribution in [0.15, 0.2) is 0 Å². The molecule has 0 bridgehead atoms. The van der Waals surface area contributed by atoms with Crippen LogP contribution in [0.1, 0.15) is 13.8 Å². The predicted octanol–water partition coefficient (Wildman–Crippen LogP) is 1.65. The van der Waals surface area contributed by atoms with E-state index in [9.17, 15) is 0 Å².